The highest BCUT2D eigenvalue weighted by atomic mass is 35.5. The Hall–Kier alpha value is -2.88. The van der Waals surface area contributed by atoms with E-state index in [4.69, 9.17) is 16.3 Å². The molecular formula is C23H18ClF2N3O3S. The van der Waals surface area contributed by atoms with Crippen LogP contribution in [0.1, 0.15) is 30.5 Å². The van der Waals surface area contributed by atoms with Gasteiger partial charge in [0.1, 0.15) is 29.5 Å². The number of anilines is 2. The Bertz CT molecular complexity index is 1240. The van der Waals surface area contributed by atoms with Crippen molar-refractivity contribution in [3.05, 3.63) is 76.6 Å². The van der Waals surface area contributed by atoms with Crippen molar-refractivity contribution >= 4 is 40.2 Å². The maximum absolute atomic E-state index is 14.2. The predicted molar refractivity (Wildman–Crippen MR) is 121 cm³/mol. The Labute approximate surface area is 196 Å². The fourth-order valence-corrected chi connectivity index (χ4v) is 5.14. The van der Waals surface area contributed by atoms with E-state index >= 15 is 0 Å². The number of pyridine rings is 1. The molecule has 2 N–H and O–H groups in total. The molecule has 2 aromatic carbocycles. The summed E-state index contributed by atoms with van der Waals surface area (Å²) in [5, 5.41) is 3.11. The van der Waals surface area contributed by atoms with Gasteiger partial charge in [-0.2, -0.15) is 0 Å². The minimum Gasteiger partial charge on any atom is -0.588 e. The molecule has 5 rings (SSSR count). The van der Waals surface area contributed by atoms with Gasteiger partial charge in [0, 0.05) is 17.2 Å². The quantitative estimate of drug-likeness (QED) is 0.470. The lowest BCUT2D eigenvalue weighted by Gasteiger charge is -2.36. The number of ether oxygens (including phenoxy) is 1. The Morgan fingerprint density at radius 2 is 2.03 bits per heavy atom. The smallest absolute Gasteiger partial charge is 0.235 e. The number of carbonyl (C=O) groups excluding carboxylic acids is 1. The average Bonchev–Trinajstić information content (AvgIpc) is 3.05. The molecule has 33 heavy (non-hydrogen) atoms. The van der Waals surface area contributed by atoms with Crippen molar-refractivity contribution in [2.45, 2.75) is 36.2 Å². The lowest BCUT2D eigenvalue weighted by molar-refractivity contribution is -0.123. The van der Waals surface area contributed by atoms with Crippen LogP contribution in [0.15, 0.2) is 53.6 Å². The van der Waals surface area contributed by atoms with Gasteiger partial charge in [-0.1, -0.05) is 18.0 Å². The van der Waals surface area contributed by atoms with Gasteiger partial charge in [-0.15, -0.1) is 0 Å². The lowest BCUT2D eigenvalue weighted by atomic mass is 9.65. The van der Waals surface area contributed by atoms with E-state index in [-0.39, 0.29) is 22.4 Å². The fourth-order valence-electron chi connectivity index (χ4n) is 4.11. The maximum Gasteiger partial charge on any atom is 0.235 e. The van der Waals surface area contributed by atoms with Crippen LogP contribution in [-0.4, -0.2) is 15.4 Å². The van der Waals surface area contributed by atoms with Gasteiger partial charge in [-0.05, 0) is 48.7 Å². The van der Waals surface area contributed by atoms with Crippen LogP contribution in [0.5, 0.6) is 5.75 Å². The number of halogens is 3. The lowest BCUT2D eigenvalue weighted by Crippen LogP contribution is -2.40. The van der Waals surface area contributed by atoms with E-state index < -0.39 is 28.4 Å². The average molecular weight is 490 g/mol. The largest absolute Gasteiger partial charge is 0.588 e. The van der Waals surface area contributed by atoms with Crippen LogP contribution in [0, 0.1) is 11.6 Å². The number of aromatic nitrogens is 1. The van der Waals surface area contributed by atoms with Gasteiger partial charge >= 0.3 is 0 Å². The van der Waals surface area contributed by atoms with E-state index in [9.17, 15) is 18.1 Å². The number of hydrogen-bond acceptors (Lipinski definition) is 5. The van der Waals surface area contributed by atoms with Gasteiger partial charge < -0.3 is 14.6 Å². The Morgan fingerprint density at radius 3 is 2.70 bits per heavy atom. The molecular weight excluding hydrogens is 472 g/mol. The van der Waals surface area contributed by atoms with E-state index in [2.05, 4.69) is 15.0 Å². The molecule has 1 spiro atoms. The Balaban J connectivity index is 1.47. The first-order valence-electron chi connectivity index (χ1n) is 10.2. The molecule has 1 aliphatic heterocycles. The zero-order valence-electron chi connectivity index (χ0n) is 17.2. The van der Waals surface area contributed by atoms with Crippen LogP contribution in [0.3, 0.4) is 0 Å². The molecule has 0 radical (unpaired) electrons. The summed E-state index contributed by atoms with van der Waals surface area (Å²) in [6, 6.07) is 10.0. The van der Waals surface area contributed by atoms with Crippen molar-refractivity contribution in [2.24, 2.45) is 0 Å². The fraction of sp³-hybridized carbons (Fsp3) is 0.217. The summed E-state index contributed by atoms with van der Waals surface area (Å²) in [5.41, 5.74) is 1.56. The third-order valence-electron chi connectivity index (χ3n) is 5.97. The van der Waals surface area contributed by atoms with Crippen LogP contribution in [0.2, 0.25) is 5.02 Å². The topological polar surface area (TPSA) is 86.3 Å². The molecule has 6 nitrogen and oxygen atoms in total. The van der Waals surface area contributed by atoms with Crippen LogP contribution < -0.4 is 14.8 Å². The first-order chi connectivity index (χ1) is 15.9. The molecule has 1 aromatic heterocycles. The zero-order chi connectivity index (χ0) is 23.2. The summed E-state index contributed by atoms with van der Waals surface area (Å²) in [5.74, 6) is -0.898. The third-order valence-corrected chi connectivity index (χ3v) is 7.35. The second kappa shape index (κ2) is 8.48. The summed E-state index contributed by atoms with van der Waals surface area (Å²) in [7, 11) is 0. The maximum atomic E-state index is 14.2. The molecule has 0 bridgehead atoms. The molecule has 170 valence electrons. The first-order valence-corrected chi connectivity index (χ1v) is 11.8. The molecule has 0 saturated heterocycles. The molecule has 1 amide bonds. The van der Waals surface area contributed by atoms with Gasteiger partial charge in [-0.25, -0.2) is 13.5 Å². The SMILES string of the molecule is O=C1Nc2c(OCc3ccc(F)cn3)cc(N[S@@+]([O-])c3ccc(Cl)cc3F)cc2C12CCC2. The molecule has 2 aliphatic rings. The first kappa shape index (κ1) is 21.9. The van der Waals surface area contributed by atoms with E-state index in [0.29, 0.717) is 35.7 Å². The predicted octanol–water partition coefficient (Wildman–Crippen LogP) is 5.10. The van der Waals surface area contributed by atoms with Crippen molar-refractivity contribution in [3.63, 3.8) is 0 Å². The molecule has 1 atom stereocenters. The summed E-state index contributed by atoms with van der Waals surface area (Å²) < 4.78 is 48.9. The number of fused-ring (bicyclic) bond motifs is 2. The van der Waals surface area contributed by atoms with Gasteiger partial charge in [0.15, 0.2) is 5.82 Å². The monoisotopic (exact) mass is 489 g/mol. The highest BCUT2D eigenvalue weighted by Gasteiger charge is 2.52. The van der Waals surface area contributed by atoms with E-state index in [1.165, 1.54) is 24.3 Å². The molecule has 2 heterocycles. The molecule has 0 unspecified atom stereocenters. The van der Waals surface area contributed by atoms with Crippen LogP contribution >= 0.6 is 11.6 Å². The van der Waals surface area contributed by atoms with Crippen LogP contribution in [0.25, 0.3) is 0 Å². The third kappa shape index (κ3) is 4.01. The molecule has 1 fully saturated rings. The number of benzene rings is 2. The number of rotatable bonds is 6. The second-order valence-corrected chi connectivity index (χ2v) is 9.61. The van der Waals surface area contributed by atoms with Gasteiger partial charge in [0.2, 0.25) is 10.8 Å². The normalized spacial score (nSPS) is 16.7. The standard InChI is InChI=1S/C23H18ClF2N3O3S/c24-13-2-5-20(18(26)8-13)33(31)29-16-9-17-21(28-22(30)23(17)6-1-7-23)19(10-16)32-12-15-4-3-14(25)11-27-15/h2-5,8-11,29H,1,6-7,12H2,(H,28,30)/t33-/m0/s1. The van der Waals surface area contributed by atoms with Crippen LogP contribution in [0.4, 0.5) is 20.2 Å². The number of nitrogens with zero attached hydrogens (tertiary/aromatic N) is 1. The van der Waals surface area contributed by atoms with Gasteiger partial charge in [0.25, 0.3) is 0 Å². The minimum atomic E-state index is -1.92. The molecule has 10 heteroatoms. The molecule has 3 aromatic rings. The molecule has 1 saturated carbocycles. The number of nitrogens with one attached hydrogen (secondary N) is 2. The number of amides is 1. The van der Waals surface area contributed by atoms with E-state index in [1.54, 1.807) is 12.1 Å². The highest BCUT2D eigenvalue weighted by Crippen LogP contribution is 2.54. The number of hydrogen-bond donors (Lipinski definition) is 2. The van der Waals surface area contributed by atoms with Crippen molar-refractivity contribution < 1.29 is 22.9 Å². The van der Waals surface area contributed by atoms with E-state index in [1.807, 2.05) is 0 Å². The van der Waals surface area contributed by atoms with E-state index in [0.717, 1.165) is 24.2 Å². The van der Waals surface area contributed by atoms with Gasteiger partial charge in [-0.3, -0.25) is 9.78 Å². The summed E-state index contributed by atoms with van der Waals surface area (Å²) in [6.07, 6.45) is 3.41. The van der Waals surface area contributed by atoms with Crippen molar-refractivity contribution in [1.82, 2.24) is 4.98 Å². The highest BCUT2D eigenvalue weighted by molar-refractivity contribution is 7.92. The zero-order valence-corrected chi connectivity index (χ0v) is 18.7. The second-order valence-electron chi connectivity index (χ2n) is 7.99. The summed E-state index contributed by atoms with van der Waals surface area (Å²) in [6.45, 7) is 0.0357. The van der Waals surface area contributed by atoms with Gasteiger partial charge in [0.05, 0.1) is 28.7 Å². The van der Waals surface area contributed by atoms with Crippen molar-refractivity contribution in [1.29, 1.82) is 0 Å². The van der Waals surface area contributed by atoms with Crippen LogP contribution in [-0.2, 0) is 28.2 Å². The Morgan fingerprint density at radius 1 is 1.21 bits per heavy atom. The minimum absolute atomic E-state index is 0.0357. The Kier molecular flexibility index (Phi) is 5.64. The summed E-state index contributed by atoms with van der Waals surface area (Å²) >= 11 is 3.87. The summed E-state index contributed by atoms with van der Waals surface area (Å²) in [4.78, 5) is 16.7. The molecule has 1 aliphatic carbocycles. The van der Waals surface area contributed by atoms with Crippen molar-refractivity contribution in [3.8, 4) is 5.75 Å². The van der Waals surface area contributed by atoms with Crippen molar-refractivity contribution in [2.75, 3.05) is 10.0 Å². The number of carbonyl (C=O) groups is 1.